The average molecular weight is 245 g/mol. The maximum absolute atomic E-state index is 11.2. The summed E-state index contributed by atoms with van der Waals surface area (Å²) in [6.07, 6.45) is 0. The van der Waals surface area contributed by atoms with Crippen LogP contribution in [0.2, 0.25) is 0 Å². The second-order valence-corrected chi connectivity index (χ2v) is 4.49. The van der Waals surface area contributed by atoms with Crippen molar-refractivity contribution >= 4 is 15.9 Å². The summed E-state index contributed by atoms with van der Waals surface area (Å²) in [7, 11) is -2.39. The number of hydrazine groups is 1. The van der Waals surface area contributed by atoms with E-state index in [2.05, 4.69) is 10.3 Å². The van der Waals surface area contributed by atoms with E-state index in [1.54, 1.807) is 4.83 Å². The van der Waals surface area contributed by atoms with E-state index in [4.69, 9.17) is 5.84 Å². The third kappa shape index (κ3) is 2.76. The highest BCUT2D eigenvalue weighted by molar-refractivity contribution is 7.89. The molecule has 0 radical (unpaired) electrons. The van der Waals surface area contributed by atoms with Crippen molar-refractivity contribution in [3.8, 4) is 0 Å². The summed E-state index contributed by atoms with van der Waals surface area (Å²) < 4.78 is 22.5. The molecule has 0 aromatic heterocycles. The van der Waals surface area contributed by atoms with E-state index in [0.717, 1.165) is 0 Å². The van der Waals surface area contributed by atoms with E-state index in [9.17, 15) is 13.2 Å². The van der Waals surface area contributed by atoms with Gasteiger partial charge in [-0.2, -0.15) is 4.83 Å². The number of carbonyl (C=O) groups excluding carboxylic acids is 1. The fourth-order valence-electron chi connectivity index (χ4n) is 1.01. The number of hydrogen-bond acceptors (Lipinski definition) is 5. The van der Waals surface area contributed by atoms with E-state index >= 15 is 0 Å². The Labute approximate surface area is 92.6 Å². The lowest BCUT2D eigenvalue weighted by molar-refractivity contribution is 0.0537. The van der Waals surface area contributed by atoms with Crippen LogP contribution in [0.1, 0.15) is 10.4 Å². The maximum Gasteiger partial charge on any atom is 0.274 e. The van der Waals surface area contributed by atoms with Gasteiger partial charge in [-0.1, -0.05) is 0 Å². The van der Waals surface area contributed by atoms with Gasteiger partial charge in [0, 0.05) is 5.56 Å². The summed E-state index contributed by atoms with van der Waals surface area (Å²) in [5.74, 6) is 4.38. The van der Waals surface area contributed by atoms with Crippen molar-refractivity contribution in [2.75, 3.05) is 7.11 Å². The van der Waals surface area contributed by atoms with E-state index < -0.39 is 15.9 Å². The zero-order valence-electron chi connectivity index (χ0n) is 8.43. The van der Waals surface area contributed by atoms with Crippen LogP contribution < -0.4 is 16.2 Å². The quantitative estimate of drug-likeness (QED) is 0.471. The molecule has 0 bridgehead atoms. The lowest BCUT2D eigenvalue weighted by Gasteiger charge is -2.04. The van der Waals surface area contributed by atoms with Crippen LogP contribution in [0.3, 0.4) is 0 Å². The zero-order valence-corrected chi connectivity index (χ0v) is 9.24. The minimum atomic E-state index is -3.69. The second-order valence-electron chi connectivity index (χ2n) is 2.78. The molecule has 0 spiro atoms. The number of benzene rings is 1. The van der Waals surface area contributed by atoms with Crippen molar-refractivity contribution in [1.82, 2.24) is 10.3 Å². The number of nitrogens with one attached hydrogen (secondary N) is 2. The van der Waals surface area contributed by atoms with Crippen LogP contribution in [-0.4, -0.2) is 21.4 Å². The van der Waals surface area contributed by atoms with Crippen LogP contribution in [0, 0.1) is 0 Å². The molecule has 0 aliphatic heterocycles. The number of sulfonamides is 1. The Morgan fingerprint density at radius 2 is 1.88 bits per heavy atom. The highest BCUT2D eigenvalue weighted by Gasteiger charge is 2.12. The maximum atomic E-state index is 11.2. The molecule has 16 heavy (non-hydrogen) atoms. The number of hydroxylamine groups is 1. The molecular weight excluding hydrogens is 234 g/mol. The lowest BCUT2D eigenvalue weighted by atomic mass is 10.2. The number of amides is 1. The predicted octanol–water partition coefficient (Wildman–Crippen LogP) is -0.870. The van der Waals surface area contributed by atoms with Crippen molar-refractivity contribution in [2.45, 2.75) is 4.90 Å². The molecule has 0 heterocycles. The van der Waals surface area contributed by atoms with Gasteiger partial charge < -0.3 is 0 Å². The molecule has 4 N–H and O–H groups in total. The Hall–Kier alpha value is -1.48. The first-order valence-electron chi connectivity index (χ1n) is 4.17. The molecule has 0 saturated carbocycles. The summed E-state index contributed by atoms with van der Waals surface area (Å²) in [5.41, 5.74) is 2.38. The molecular formula is C8H11N3O4S. The van der Waals surface area contributed by atoms with Crippen LogP contribution in [0.25, 0.3) is 0 Å². The van der Waals surface area contributed by atoms with Gasteiger partial charge in [-0.3, -0.25) is 15.5 Å². The molecule has 0 unspecified atom stereocenters. The Bertz CT molecular complexity index is 469. The molecule has 88 valence electrons. The molecule has 1 amide bonds. The van der Waals surface area contributed by atoms with E-state index in [1.165, 1.54) is 31.4 Å². The van der Waals surface area contributed by atoms with Gasteiger partial charge in [0.25, 0.3) is 15.9 Å². The van der Waals surface area contributed by atoms with Crippen molar-refractivity contribution in [2.24, 2.45) is 5.84 Å². The van der Waals surface area contributed by atoms with Gasteiger partial charge in [-0.05, 0) is 24.3 Å². The van der Waals surface area contributed by atoms with Gasteiger partial charge in [0.2, 0.25) is 0 Å². The van der Waals surface area contributed by atoms with Gasteiger partial charge >= 0.3 is 0 Å². The molecule has 0 fully saturated rings. The van der Waals surface area contributed by atoms with Crippen molar-refractivity contribution in [3.63, 3.8) is 0 Å². The van der Waals surface area contributed by atoms with Gasteiger partial charge in [-0.25, -0.2) is 13.9 Å². The Morgan fingerprint density at radius 3 is 2.31 bits per heavy atom. The third-order valence-corrected chi connectivity index (χ3v) is 2.98. The monoisotopic (exact) mass is 245 g/mol. The molecule has 0 atom stereocenters. The van der Waals surface area contributed by atoms with Gasteiger partial charge in [0.15, 0.2) is 0 Å². The minimum absolute atomic E-state index is 0.0241. The van der Waals surface area contributed by atoms with Crippen LogP contribution in [0.5, 0.6) is 0 Å². The normalized spacial score (nSPS) is 11.1. The van der Waals surface area contributed by atoms with Crippen molar-refractivity contribution < 1.29 is 18.0 Å². The zero-order chi connectivity index (χ0) is 12.2. The second kappa shape index (κ2) is 5.03. The van der Waals surface area contributed by atoms with Crippen LogP contribution >= 0.6 is 0 Å². The number of carbonyl (C=O) groups is 1. The molecule has 8 heteroatoms. The first-order chi connectivity index (χ1) is 7.51. The van der Waals surface area contributed by atoms with Crippen molar-refractivity contribution in [1.29, 1.82) is 0 Å². The molecule has 1 aromatic carbocycles. The largest absolute Gasteiger partial charge is 0.277 e. The lowest BCUT2D eigenvalue weighted by Crippen LogP contribution is -2.30. The van der Waals surface area contributed by atoms with Crippen molar-refractivity contribution in [3.05, 3.63) is 29.8 Å². The Morgan fingerprint density at radius 1 is 1.31 bits per heavy atom. The summed E-state index contributed by atoms with van der Waals surface area (Å²) in [5, 5.41) is 0. The highest BCUT2D eigenvalue weighted by Crippen LogP contribution is 2.09. The first-order valence-corrected chi connectivity index (χ1v) is 5.65. The minimum Gasteiger partial charge on any atom is -0.277 e. The van der Waals surface area contributed by atoms with Crippen LogP contribution in [-0.2, 0) is 14.9 Å². The topological polar surface area (TPSA) is 111 Å². The summed E-state index contributed by atoms with van der Waals surface area (Å²) in [6, 6.07) is 5.22. The van der Waals surface area contributed by atoms with E-state index in [1.807, 2.05) is 0 Å². The molecule has 1 aromatic rings. The fourth-order valence-corrected chi connectivity index (χ4v) is 1.64. The summed E-state index contributed by atoms with van der Waals surface area (Å²) in [4.78, 5) is 17.3. The summed E-state index contributed by atoms with van der Waals surface area (Å²) >= 11 is 0. The average Bonchev–Trinajstić information content (AvgIpc) is 2.29. The first kappa shape index (κ1) is 12.6. The van der Waals surface area contributed by atoms with Gasteiger partial charge in [0.05, 0.1) is 12.0 Å². The smallest absolute Gasteiger partial charge is 0.274 e. The highest BCUT2D eigenvalue weighted by atomic mass is 32.2. The number of hydrogen-bond donors (Lipinski definition) is 3. The van der Waals surface area contributed by atoms with Gasteiger partial charge in [-0.15, -0.1) is 0 Å². The van der Waals surface area contributed by atoms with Crippen LogP contribution in [0.15, 0.2) is 29.2 Å². The molecule has 0 aliphatic rings. The van der Waals surface area contributed by atoms with Crippen LogP contribution in [0.4, 0.5) is 0 Å². The molecule has 0 saturated heterocycles. The Balaban J connectivity index is 2.96. The fraction of sp³-hybridized carbons (Fsp3) is 0.125. The number of rotatable bonds is 4. The predicted molar refractivity (Wildman–Crippen MR) is 55.4 cm³/mol. The molecule has 7 nitrogen and oxygen atoms in total. The SMILES string of the molecule is CONC(=O)c1ccc(S(=O)(=O)NN)cc1. The summed E-state index contributed by atoms with van der Waals surface area (Å²) in [6.45, 7) is 0. The van der Waals surface area contributed by atoms with E-state index in [-0.39, 0.29) is 10.5 Å². The van der Waals surface area contributed by atoms with Gasteiger partial charge in [0.1, 0.15) is 0 Å². The number of nitrogens with two attached hydrogens (primary N) is 1. The molecule has 0 aliphatic carbocycles. The van der Waals surface area contributed by atoms with E-state index in [0.29, 0.717) is 0 Å². The molecule has 1 rings (SSSR count). The standard InChI is InChI=1S/C8H11N3O4S/c1-15-10-8(12)6-2-4-7(5-3-6)16(13,14)11-9/h2-5,11H,9H2,1H3,(H,10,12). The third-order valence-electron chi connectivity index (χ3n) is 1.78. The Kier molecular flexibility index (Phi) is 3.96.